The Morgan fingerprint density at radius 1 is 1.21 bits per heavy atom. The Balaban J connectivity index is 1.62. The van der Waals surface area contributed by atoms with E-state index < -0.39 is 17.1 Å². The van der Waals surface area contributed by atoms with Crippen molar-refractivity contribution in [3.8, 4) is 17.6 Å². The summed E-state index contributed by atoms with van der Waals surface area (Å²) in [4.78, 5) is 15.3. The van der Waals surface area contributed by atoms with Crippen molar-refractivity contribution in [2.24, 2.45) is 5.73 Å². The van der Waals surface area contributed by atoms with Crippen LogP contribution in [0.4, 0.5) is 10.1 Å². The number of nitrogens with two attached hydrogens (primary N) is 1. The van der Waals surface area contributed by atoms with E-state index in [0.717, 1.165) is 17.5 Å². The van der Waals surface area contributed by atoms with Crippen LogP contribution in [0.25, 0.3) is 5.70 Å². The van der Waals surface area contributed by atoms with Gasteiger partial charge in [0.1, 0.15) is 23.1 Å². The molecule has 4 aliphatic rings. The minimum absolute atomic E-state index is 0.0813. The van der Waals surface area contributed by atoms with E-state index >= 15 is 0 Å². The van der Waals surface area contributed by atoms with Gasteiger partial charge in [-0.1, -0.05) is 0 Å². The summed E-state index contributed by atoms with van der Waals surface area (Å²) in [6, 6.07) is 8.58. The zero-order valence-corrected chi connectivity index (χ0v) is 19.0. The Hall–Kier alpha value is -3.51. The number of nitrogens with one attached hydrogen (secondary N) is 1. The van der Waals surface area contributed by atoms with Gasteiger partial charge in [0.05, 0.1) is 24.5 Å². The number of carbonyl (C=O) groups is 1. The molecule has 9 heteroatoms. The summed E-state index contributed by atoms with van der Waals surface area (Å²) in [6.07, 6.45) is 3.20. The highest BCUT2D eigenvalue weighted by Gasteiger charge is 2.54. The first-order chi connectivity index (χ1) is 15.9. The molecule has 1 spiro atoms. The first-order valence-corrected chi connectivity index (χ1v) is 11.4. The molecule has 2 aromatic rings. The molecule has 1 atom stereocenters. The van der Waals surface area contributed by atoms with Gasteiger partial charge in [0.2, 0.25) is 5.91 Å². The first kappa shape index (κ1) is 20.1. The van der Waals surface area contributed by atoms with Gasteiger partial charge in [0, 0.05) is 34.3 Å². The van der Waals surface area contributed by atoms with Crippen LogP contribution in [0.5, 0.6) is 11.5 Å². The van der Waals surface area contributed by atoms with Crippen molar-refractivity contribution in [2.45, 2.75) is 18.3 Å². The summed E-state index contributed by atoms with van der Waals surface area (Å²) >= 11 is 3.33. The van der Waals surface area contributed by atoms with E-state index in [4.69, 9.17) is 15.2 Å². The summed E-state index contributed by atoms with van der Waals surface area (Å²) in [6.45, 7) is 1.66. The molecule has 166 valence electrons. The van der Waals surface area contributed by atoms with Gasteiger partial charge in [0.25, 0.3) is 0 Å². The number of anilines is 1. The molecule has 1 amide bonds. The number of hydrogen-bond donors (Lipinski definition) is 2. The maximum absolute atomic E-state index is 14.5. The average molecular weight is 509 g/mol. The number of nitriles is 1. The number of benzene rings is 2. The number of rotatable bonds is 0. The van der Waals surface area contributed by atoms with Gasteiger partial charge in [-0.2, -0.15) is 5.26 Å². The number of hydrogen-bond acceptors (Lipinski definition) is 6. The molecule has 33 heavy (non-hydrogen) atoms. The molecule has 4 aliphatic heterocycles. The van der Waals surface area contributed by atoms with E-state index in [-0.39, 0.29) is 11.4 Å². The van der Waals surface area contributed by atoms with Crippen LogP contribution >= 0.6 is 15.9 Å². The highest BCUT2D eigenvalue weighted by atomic mass is 79.9. The molecule has 0 unspecified atom stereocenters. The van der Waals surface area contributed by atoms with Gasteiger partial charge in [-0.05, 0) is 58.3 Å². The predicted octanol–water partition coefficient (Wildman–Crippen LogP) is 3.55. The van der Waals surface area contributed by atoms with Gasteiger partial charge >= 0.3 is 0 Å². The van der Waals surface area contributed by atoms with Gasteiger partial charge in [0.15, 0.2) is 11.5 Å². The maximum Gasteiger partial charge on any atom is 0.244 e. The molecule has 7 nitrogen and oxygen atoms in total. The van der Waals surface area contributed by atoms with Gasteiger partial charge in [-0.3, -0.25) is 4.79 Å². The summed E-state index contributed by atoms with van der Waals surface area (Å²) in [7, 11) is 0. The quantitative estimate of drug-likeness (QED) is 0.564. The molecule has 0 radical (unpaired) electrons. The van der Waals surface area contributed by atoms with Gasteiger partial charge in [-0.25, -0.2) is 4.39 Å². The molecule has 0 bridgehead atoms. The monoisotopic (exact) mass is 508 g/mol. The standard InChI is InChI=1S/C24H18BrFN4O3/c25-17-8-13(26)7-15-21(17)29-23(31)24(15)10-18-14-9-20-19(32-4-1-5-33-20)6-12(14)2-3-30(18)22(28)16(24)11-27/h6-10H,1-5,28H2,(H,29,31)/t24-/m1/s1. The molecule has 0 saturated heterocycles. The third-order valence-corrected chi connectivity index (χ3v) is 7.25. The number of carbonyl (C=O) groups excluding carboxylic acids is 1. The molecule has 0 aromatic heterocycles. The molecular formula is C24H18BrFN4O3. The maximum atomic E-state index is 14.5. The van der Waals surface area contributed by atoms with Crippen molar-refractivity contribution in [3.63, 3.8) is 0 Å². The largest absolute Gasteiger partial charge is 0.490 e. The molecule has 3 N–H and O–H groups in total. The highest BCUT2D eigenvalue weighted by Crippen LogP contribution is 2.53. The molecule has 4 heterocycles. The van der Waals surface area contributed by atoms with E-state index in [2.05, 4.69) is 27.3 Å². The summed E-state index contributed by atoms with van der Waals surface area (Å²) in [5, 5.41) is 12.9. The molecule has 0 fully saturated rings. The fourth-order valence-electron chi connectivity index (χ4n) is 5.10. The second-order valence-corrected chi connectivity index (χ2v) is 9.24. The fraction of sp³-hybridized carbons (Fsp3) is 0.250. The lowest BCUT2D eigenvalue weighted by atomic mass is 9.71. The molecule has 0 aliphatic carbocycles. The van der Waals surface area contributed by atoms with Crippen LogP contribution in [0.15, 0.2) is 46.2 Å². The van der Waals surface area contributed by atoms with Crippen LogP contribution < -0.4 is 20.5 Å². The van der Waals surface area contributed by atoms with Crippen molar-refractivity contribution in [1.82, 2.24) is 4.90 Å². The smallest absolute Gasteiger partial charge is 0.244 e. The Morgan fingerprint density at radius 2 is 1.97 bits per heavy atom. The number of halogens is 2. The van der Waals surface area contributed by atoms with Gasteiger partial charge in [-0.15, -0.1) is 0 Å². The van der Waals surface area contributed by atoms with Crippen LogP contribution in [-0.2, 0) is 16.6 Å². The van der Waals surface area contributed by atoms with Crippen LogP contribution in [0.1, 0.15) is 23.1 Å². The topological polar surface area (TPSA) is 101 Å². The summed E-state index contributed by atoms with van der Waals surface area (Å²) < 4.78 is 26.6. The van der Waals surface area contributed by atoms with Crippen molar-refractivity contribution in [2.75, 3.05) is 25.1 Å². The summed E-state index contributed by atoms with van der Waals surface area (Å²) in [5.74, 6) is 0.546. The van der Waals surface area contributed by atoms with Crippen molar-refractivity contribution >= 4 is 33.2 Å². The van der Waals surface area contributed by atoms with Crippen LogP contribution in [0.3, 0.4) is 0 Å². The minimum Gasteiger partial charge on any atom is -0.490 e. The number of fused-ring (bicyclic) bond motifs is 6. The first-order valence-electron chi connectivity index (χ1n) is 10.6. The zero-order valence-electron chi connectivity index (χ0n) is 17.4. The molecule has 6 rings (SSSR count). The van der Waals surface area contributed by atoms with E-state index in [1.165, 1.54) is 12.1 Å². The number of nitrogens with zero attached hydrogens (tertiary/aromatic N) is 2. The molecule has 2 aromatic carbocycles. The van der Waals surface area contributed by atoms with E-state index in [0.29, 0.717) is 59.1 Å². The Kier molecular flexibility index (Phi) is 4.26. The minimum atomic E-state index is -1.54. The summed E-state index contributed by atoms with van der Waals surface area (Å²) in [5.41, 5.74) is 8.41. The average Bonchev–Trinajstić information content (AvgIpc) is 2.93. The lowest BCUT2D eigenvalue weighted by molar-refractivity contribution is -0.118. The highest BCUT2D eigenvalue weighted by molar-refractivity contribution is 9.10. The lowest BCUT2D eigenvalue weighted by Crippen LogP contribution is -2.45. The third kappa shape index (κ3) is 2.67. The molecule has 0 saturated carbocycles. The Morgan fingerprint density at radius 3 is 2.73 bits per heavy atom. The van der Waals surface area contributed by atoms with Gasteiger partial charge < -0.3 is 25.4 Å². The second-order valence-electron chi connectivity index (χ2n) is 8.38. The Labute approximate surface area is 197 Å². The van der Waals surface area contributed by atoms with Crippen LogP contribution in [0.2, 0.25) is 0 Å². The normalized spacial score (nSPS) is 22.6. The van der Waals surface area contributed by atoms with Crippen molar-refractivity contribution < 1.29 is 18.7 Å². The SMILES string of the molecule is N#CC1=C(N)N2CCc3cc4c(cc3C2=C[C@]12C(=O)Nc1c(Br)cc(F)cc12)OCCCO4. The van der Waals surface area contributed by atoms with Crippen molar-refractivity contribution in [3.05, 3.63) is 68.7 Å². The number of ether oxygens (including phenoxy) is 2. The van der Waals surface area contributed by atoms with Crippen LogP contribution in [-0.4, -0.2) is 30.6 Å². The third-order valence-electron chi connectivity index (χ3n) is 6.63. The molecular weight excluding hydrogens is 491 g/mol. The van der Waals surface area contributed by atoms with Crippen molar-refractivity contribution in [1.29, 1.82) is 5.26 Å². The van der Waals surface area contributed by atoms with E-state index in [1.807, 2.05) is 17.0 Å². The van der Waals surface area contributed by atoms with E-state index in [1.54, 1.807) is 6.08 Å². The van der Waals surface area contributed by atoms with Crippen LogP contribution in [0, 0.1) is 17.1 Å². The number of amides is 1. The predicted molar refractivity (Wildman–Crippen MR) is 122 cm³/mol. The second kappa shape index (κ2) is 6.99. The fourth-order valence-corrected chi connectivity index (χ4v) is 5.63. The lowest BCUT2D eigenvalue weighted by Gasteiger charge is -2.41. The van der Waals surface area contributed by atoms with E-state index in [9.17, 15) is 14.4 Å². The Bertz CT molecular complexity index is 1360. The zero-order chi connectivity index (χ0) is 22.9.